The van der Waals surface area contributed by atoms with Crippen molar-refractivity contribution in [1.82, 2.24) is 10.2 Å². The van der Waals surface area contributed by atoms with Crippen LogP contribution in [-0.4, -0.2) is 37.2 Å². The Labute approximate surface area is 122 Å². The molecule has 1 rings (SSSR count). The van der Waals surface area contributed by atoms with E-state index in [4.69, 9.17) is 4.74 Å². The first-order valence-corrected chi connectivity index (χ1v) is 7.69. The van der Waals surface area contributed by atoms with Crippen LogP contribution in [0.2, 0.25) is 0 Å². The molecular weight excluding hydrogens is 256 g/mol. The van der Waals surface area contributed by atoms with E-state index in [9.17, 15) is 0 Å². The summed E-state index contributed by atoms with van der Waals surface area (Å²) in [5, 5.41) is 3.43. The minimum absolute atomic E-state index is 0.0826. The van der Waals surface area contributed by atoms with Crippen molar-refractivity contribution in [2.75, 3.05) is 20.7 Å². The standard InChI is InChI=1S/C15H28N2OS/c1-12(2)16-9-13-7-8-14(19-13)10-18-11-15(3,4)17(5)6/h7-8,12,16H,9-11H2,1-6H3. The topological polar surface area (TPSA) is 24.5 Å². The van der Waals surface area contributed by atoms with E-state index in [-0.39, 0.29) is 5.54 Å². The van der Waals surface area contributed by atoms with Crippen molar-refractivity contribution in [3.8, 4) is 0 Å². The van der Waals surface area contributed by atoms with Gasteiger partial charge < -0.3 is 15.0 Å². The number of hydrogen-bond donors (Lipinski definition) is 1. The van der Waals surface area contributed by atoms with Gasteiger partial charge in [-0.2, -0.15) is 0 Å². The van der Waals surface area contributed by atoms with Gasteiger partial charge in [0.1, 0.15) is 0 Å². The van der Waals surface area contributed by atoms with Crippen LogP contribution >= 0.6 is 11.3 Å². The molecule has 0 aromatic carbocycles. The van der Waals surface area contributed by atoms with Crippen LogP contribution in [0, 0.1) is 0 Å². The Morgan fingerprint density at radius 1 is 1.26 bits per heavy atom. The zero-order valence-corrected chi connectivity index (χ0v) is 13.9. The lowest BCUT2D eigenvalue weighted by molar-refractivity contribution is 0.0285. The Bertz CT molecular complexity index is 372. The molecule has 0 bridgehead atoms. The van der Waals surface area contributed by atoms with E-state index in [2.05, 4.69) is 64.1 Å². The normalized spacial score (nSPS) is 12.6. The number of thiophene rings is 1. The monoisotopic (exact) mass is 284 g/mol. The van der Waals surface area contributed by atoms with Crippen LogP contribution in [0.25, 0.3) is 0 Å². The van der Waals surface area contributed by atoms with Crippen molar-refractivity contribution >= 4 is 11.3 Å². The van der Waals surface area contributed by atoms with Crippen LogP contribution in [0.3, 0.4) is 0 Å². The van der Waals surface area contributed by atoms with Gasteiger partial charge in [0.25, 0.3) is 0 Å². The zero-order chi connectivity index (χ0) is 14.5. The van der Waals surface area contributed by atoms with E-state index in [1.165, 1.54) is 9.75 Å². The lowest BCUT2D eigenvalue weighted by Gasteiger charge is -2.32. The fraction of sp³-hybridized carbons (Fsp3) is 0.733. The zero-order valence-electron chi connectivity index (χ0n) is 13.1. The minimum atomic E-state index is 0.0826. The summed E-state index contributed by atoms with van der Waals surface area (Å²) >= 11 is 1.83. The average molecular weight is 284 g/mol. The first-order valence-electron chi connectivity index (χ1n) is 6.87. The van der Waals surface area contributed by atoms with Crippen LogP contribution in [0.4, 0.5) is 0 Å². The summed E-state index contributed by atoms with van der Waals surface area (Å²) in [4.78, 5) is 4.87. The van der Waals surface area contributed by atoms with Gasteiger partial charge in [0.05, 0.1) is 13.2 Å². The van der Waals surface area contributed by atoms with Crippen molar-refractivity contribution in [2.24, 2.45) is 0 Å². The molecular formula is C15H28N2OS. The van der Waals surface area contributed by atoms with Crippen molar-refractivity contribution in [3.05, 3.63) is 21.9 Å². The summed E-state index contributed by atoms with van der Waals surface area (Å²) in [5.41, 5.74) is 0.0826. The SMILES string of the molecule is CC(C)NCc1ccc(COCC(C)(C)N(C)C)s1. The number of likely N-dealkylation sites (N-methyl/N-ethyl adjacent to an activating group) is 1. The molecule has 0 aliphatic heterocycles. The first kappa shape index (κ1) is 16.6. The maximum atomic E-state index is 5.83. The molecule has 0 unspecified atom stereocenters. The third-order valence-electron chi connectivity index (χ3n) is 3.31. The molecule has 0 spiro atoms. The quantitative estimate of drug-likeness (QED) is 0.794. The summed E-state index contributed by atoms with van der Waals surface area (Å²) < 4.78 is 5.83. The lowest BCUT2D eigenvalue weighted by atomic mass is 10.1. The highest BCUT2D eigenvalue weighted by Gasteiger charge is 2.20. The van der Waals surface area contributed by atoms with Gasteiger partial charge in [-0.15, -0.1) is 11.3 Å². The van der Waals surface area contributed by atoms with Crippen LogP contribution in [0.5, 0.6) is 0 Å². The maximum absolute atomic E-state index is 5.83. The Hall–Kier alpha value is -0.420. The molecule has 0 atom stereocenters. The van der Waals surface area contributed by atoms with Gasteiger partial charge in [0.2, 0.25) is 0 Å². The smallest absolute Gasteiger partial charge is 0.0810 e. The summed E-state index contributed by atoms with van der Waals surface area (Å²) in [6, 6.07) is 4.89. The molecule has 110 valence electrons. The summed E-state index contributed by atoms with van der Waals surface area (Å²) in [6.45, 7) is 11.1. The largest absolute Gasteiger partial charge is 0.374 e. The molecule has 3 nitrogen and oxygen atoms in total. The van der Waals surface area contributed by atoms with Crippen molar-refractivity contribution in [2.45, 2.75) is 52.4 Å². The van der Waals surface area contributed by atoms with Gasteiger partial charge in [-0.1, -0.05) is 13.8 Å². The van der Waals surface area contributed by atoms with Gasteiger partial charge in [-0.3, -0.25) is 0 Å². The third kappa shape index (κ3) is 6.04. The second kappa shape index (κ2) is 7.39. The second-order valence-corrected chi connectivity index (χ2v) is 7.36. The molecule has 0 fully saturated rings. The van der Waals surface area contributed by atoms with E-state index in [1.54, 1.807) is 0 Å². The van der Waals surface area contributed by atoms with Crippen molar-refractivity contribution in [1.29, 1.82) is 0 Å². The minimum Gasteiger partial charge on any atom is -0.374 e. The number of ether oxygens (including phenoxy) is 1. The Balaban J connectivity index is 2.34. The predicted molar refractivity (Wildman–Crippen MR) is 83.7 cm³/mol. The summed E-state index contributed by atoms with van der Waals surface area (Å²) in [7, 11) is 4.17. The van der Waals surface area contributed by atoms with Crippen LogP contribution in [0.15, 0.2) is 12.1 Å². The molecule has 1 aromatic rings. The average Bonchev–Trinajstić information content (AvgIpc) is 2.74. The van der Waals surface area contributed by atoms with Crippen LogP contribution in [-0.2, 0) is 17.9 Å². The fourth-order valence-electron chi connectivity index (χ4n) is 1.43. The predicted octanol–water partition coefficient (Wildman–Crippen LogP) is 3.10. The van der Waals surface area contributed by atoms with E-state index >= 15 is 0 Å². The second-order valence-electron chi connectivity index (χ2n) is 6.10. The molecule has 1 aromatic heterocycles. The van der Waals surface area contributed by atoms with Gasteiger partial charge >= 0.3 is 0 Å². The maximum Gasteiger partial charge on any atom is 0.0810 e. The van der Waals surface area contributed by atoms with Gasteiger partial charge in [0.15, 0.2) is 0 Å². The van der Waals surface area contributed by atoms with E-state index < -0.39 is 0 Å². The van der Waals surface area contributed by atoms with Crippen LogP contribution in [0.1, 0.15) is 37.4 Å². The highest BCUT2D eigenvalue weighted by atomic mass is 32.1. The molecule has 0 radical (unpaired) electrons. The lowest BCUT2D eigenvalue weighted by Crippen LogP contribution is -2.42. The molecule has 19 heavy (non-hydrogen) atoms. The Kier molecular flexibility index (Phi) is 6.47. The number of hydrogen-bond acceptors (Lipinski definition) is 4. The fourth-order valence-corrected chi connectivity index (χ4v) is 2.34. The van der Waals surface area contributed by atoms with E-state index in [0.717, 1.165) is 13.2 Å². The van der Waals surface area contributed by atoms with Gasteiger partial charge in [0, 0.05) is 27.9 Å². The van der Waals surface area contributed by atoms with Crippen molar-refractivity contribution < 1.29 is 4.74 Å². The van der Waals surface area contributed by atoms with Crippen molar-refractivity contribution in [3.63, 3.8) is 0 Å². The highest BCUT2D eigenvalue weighted by molar-refractivity contribution is 7.11. The Morgan fingerprint density at radius 3 is 2.47 bits per heavy atom. The summed E-state index contributed by atoms with van der Waals surface area (Å²) in [5.74, 6) is 0. The third-order valence-corrected chi connectivity index (χ3v) is 4.37. The number of nitrogens with zero attached hydrogens (tertiary/aromatic N) is 1. The first-order chi connectivity index (χ1) is 8.81. The molecule has 1 heterocycles. The molecule has 0 saturated carbocycles. The number of nitrogens with one attached hydrogen (secondary N) is 1. The molecule has 0 aliphatic carbocycles. The van der Waals surface area contributed by atoms with E-state index in [0.29, 0.717) is 12.6 Å². The molecule has 0 saturated heterocycles. The molecule has 0 amide bonds. The Morgan fingerprint density at radius 2 is 1.89 bits per heavy atom. The molecule has 1 N–H and O–H groups in total. The molecule has 0 aliphatic rings. The molecule has 4 heteroatoms. The van der Waals surface area contributed by atoms with Gasteiger partial charge in [-0.05, 0) is 40.1 Å². The van der Waals surface area contributed by atoms with Gasteiger partial charge in [-0.25, -0.2) is 0 Å². The van der Waals surface area contributed by atoms with E-state index in [1.807, 2.05) is 11.3 Å². The highest BCUT2D eigenvalue weighted by Crippen LogP contribution is 2.19. The van der Waals surface area contributed by atoms with Crippen LogP contribution < -0.4 is 5.32 Å². The number of rotatable bonds is 8. The summed E-state index contributed by atoms with van der Waals surface area (Å²) in [6.07, 6.45) is 0.